The summed E-state index contributed by atoms with van der Waals surface area (Å²) < 4.78 is 10.7. The molecule has 0 saturated heterocycles. The minimum Gasteiger partial charge on any atom is -0.497 e. The second-order valence-electron chi connectivity index (χ2n) is 4.09. The zero-order valence-corrected chi connectivity index (χ0v) is 10.0. The van der Waals surface area contributed by atoms with Crippen LogP contribution in [-0.2, 0) is 21.6 Å². The minimum atomic E-state index is -1.20. The Balaban J connectivity index is 2.51. The molecule has 2 rings (SSSR count). The average molecular weight is 236 g/mol. The molecule has 4 heteroatoms. The van der Waals surface area contributed by atoms with Crippen molar-refractivity contribution in [3.63, 3.8) is 0 Å². The van der Waals surface area contributed by atoms with E-state index in [0.29, 0.717) is 18.8 Å². The van der Waals surface area contributed by atoms with Gasteiger partial charge in [0, 0.05) is 12.2 Å². The molecular weight excluding hydrogens is 220 g/mol. The minimum absolute atomic E-state index is 0.378. The first-order valence-electron chi connectivity index (χ1n) is 5.69. The number of ether oxygens (including phenoxy) is 2. The van der Waals surface area contributed by atoms with Crippen LogP contribution < -0.4 is 4.74 Å². The second kappa shape index (κ2) is 4.37. The molecule has 0 saturated carbocycles. The standard InChI is InChI=1S/C13H16O4/c1-3-17-13(12(14)15)7-6-9-4-5-10(16-2)8-11(9)13/h4-5,8H,3,6-7H2,1-2H3,(H,14,15). The predicted molar refractivity (Wildman–Crippen MR) is 62.3 cm³/mol. The smallest absolute Gasteiger partial charge is 0.340 e. The molecule has 0 radical (unpaired) electrons. The zero-order valence-electron chi connectivity index (χ0n) is 10.0. The SMILES string of the molecule is CCOC1(C(=O)O)CCc2ccc(OC)cc21. The number of aryl methyl sites for hydroxylation is 1. The normalized spacial score (nSPS) is 22.2. The number of benzene rings is 1. The molecule has 0 spiro atoms. The van der Waals surface area contributed by atoms with E-state index in [4.69, 9.17) is 9.47 Å². The Morgan fingerprint density at radius 2 is 2.29 bits per heavy atom. The van der Waals surface area contributed by atoms with Gasteiger partial charge in [0.05, 0.1) is 7.11 Å². The highest BCUT2D eigenvalue weighted by Gasteiger charge is 2.46. The largest absolute Gasteiger partial charge is 0.497 e. The molecule has 4 nitrogen and oxygen atoms in total. The van der Waals surface area contributed by atoms with E-state index in [-0.39, 0.29) is 0 Å². The average Bonchev–Trinajstić information content (AvgIpc) is 2.69. The predicted octanol–water partition coefficient (Wildman–Crippen LogP) is 1.96. The van der Waals surface area contributed by atoms with Gasteiger partial charge in [-0.1, -0.05) is 6.07 Å². The van der Waals surface area contributed by atoms with Gasteiger partial charge in [-0.3, -0.25) is 0 Å². The Hall–Kier alpha value is -1.55. The quantitative estimate of drug-likeness (QED) is 0.868. The Bertz CT molecular complexity index is 437. The number of hydrogen-bond donors (Lipinski definition) is 1. The van der Waals surface area contributed by atoms with Crippen molar-refractivity contribution < 1.29 is 19.4 Å². The molecule has 0 heterocycles. The molecule has 0 aliphatic heterocycles. The van der Waals surface area contributed by atoms with E-state index in [1.165, 1.54) is 0 Å². The summed E-state index contributed by atoms with van der Waals surface area (Å²) in [6.45, 7) is 2.19. The van der Waals surface area contributed by atoms with Gasteiger partial charge in [0.25, 0.3) is 0 Å². The van der Waals surface area contributed by atoms with Crippen LogP contribution in [0, 0.1) is 0 Å². The number of fused-ring (bicyclic) bond motifs is 1. The van der Waals surface area contributed by atoms with E-state index in [1.807, 2.05) is 19.1 Å². The van der Waals surface area contributed by atoms with Crippen LogP contribution in [0.1, 0.15) is 24.5 Å². The highest BCUT2D eigenvalue weighted by molar-refractivity contribution is 5.81. The third-order valence-electron chi connectivity index (χ3n) is 3.23. The van der Waals surface area contributed by atoms with Crippen molar-refractivity contribution in [2.75, 3.05) is 13.7 Å². The van der Waals surface area contributed by atoms with Crippen molar-refractivity contribution in [3.05, 3.63) is 29.3 Å². The molecule has 1 aliphatic rings. The van der Waals surface area contributed by atoms with E-state index >= 15 is 0 Å². The highest BCUT2D eigenvalue weighted by Crippen LogP contribution is 2.41. The van der Waals surface area contributed by atoms with Gasteiger partial charge < -0.3 is 14.6 Å². The third-order valence-corrected chi connectivity index (χ3v) is 3.23. The summed E-state index contributed by atoms with van der Waals surface area (Å²) in [6, 6.07) is 5.53. The zero-order chi connectivity index (χ0) is 12.5. The summed E-state index contributed by atoms with van der Waals surface area (Å²) in [7, 11) is 1.57. The molecule has 0 amide bonds. The van der Waals surface area contributed by atoms with Crippen LogP contribution in [0.3, 0.4) is 0 Å². The van der Waals surface area contributed by atoms with Gasteiger partial charge in [-0.2, -0.15) is 0 Å². The van der Waals surface area contributed by atoms with Crippen LogP contribution >= 0.6 is 0 Å². The maximum Gasteiger partial charge on any atom is 0.340 e. The molecule has 0 aromatic heterocycles. The van der Waals surface area contributed by atoms with Crippen molar-refractivity contribution >= 4 is 5.97 Å². The van der Waals surface area contributed by atoms with Gasteiger partial charge in [0.15, 0.2) is 5.60 Å². The molecule has 1 aromatic rings. The van der Waals surface area contributed by atoms with Crippen molar-refractivity contribution in [1.82, 2.24) is 0 Å². The first kappa shape index (κ1) is 11.9. The van der Waals surface area contributed by atoms with Gasteiger partial charge in [0.1, 0.15) is 5.75 Å². The summed E-state index contributed by atoms with van der Waals surface area (Å²) >= 11 is 0. The van der Waals surface area contributed by atoms with Crippen molar-refractivity contribution in [2.45, 2.75) is 25.4 Å². The number of aliphatic carboxylic acids is 1. The van der Waals surface area contributed by atoms with Crippen LogP contribution in [0.2, 0.25) is 0 Å². The van der Waals surface area contributed by atoms with Gasteiger partial charge in [-0.25, -0.2) is 4.79 Å². The number of carbonyl (C=O) groups is 1. The van der Waals surface area contributed by atoms with E-state index in [0.717, 1.165) is 17.5 Å². The maximum atomic E-state index is 11.5. The lowest BCUT2D eigenvalue weighted by atomic mass is 9.95. The van der Waals surface area contributed by atoms with Gasteiger partial charge in [0.2, 0.25) is 0 Å². The fraction of sp³-hybridized carbons (Fsp3) is 0.462. The number of methoxy groups -OCH3 is 1. The number of hydrogen-bond acceptors (Lipinski definition) is 3. The lowest BCUT2D eigenvalue weighted by molar-refractivity contribution is -0.167. The third kappa shape index (κ3) is 1.78. The molecular formula is C13H16O4. The molecule has 1 aromatic carbocycles. The van der Waals surface area contributed by atoms with Crippen LogP contribution in [0.5, 0.6) is 5.75 Å². The van der Waals surface area contributed by atoms with Crippen LogP contribution in [0.25, 0.3) is 0 Å². The lowest BCUT2D eigenvalue weighted by Crippen LogP contribution is -2.36. The van der Waals surface area contributed by atoms with Gasteiger partial charge in [-0.15, -0.1) is 0 Å². The lowest BCUT2D eigenvalue weighted by Gasteiger charge is -2.25. The van der Waals surface area contributed by atoms with Gasteiger partial charge in [-0.05, 0) is 37.5 Å². The van der Waals surface area contributed by atoms with E-state index < -0.39 is 11.6 Å². The van der Waals surface area contributed by atoms with E-state index in [2.05, 4.69) is 0 Å². The van der Waals surface area contributed by atoms with Crippen LogP contribution in [-0.4, -0.2) is 24.8 Å². The summed E-state index contributed by atoms with van der Waals surface area (Å²) in [5.74, 6) is -0.262. The summed E-state index contributed by atoms with van der Waals surface area (Å²) in [5, 5.41) is 9.44. The van der Waals surface area contributed by atoms with Crippen molar-refractivity contribution in [3.8, 4) is 5.75 Å². The molecule has 1 atom stereocenters. The molecule has 0 bridgehead atoms. The Morgan fingerprint density at radius 3 is 2.88 bits per heavy atom. The summed E-state index contributed by atoms with van der Waals surface area (Å²) in [5.41, 5.74) is 0.561. The number of rotatable bonds is 4. The van der Waals surface area contributed by atoms with Gasteiger partial charge >= 0.3 is 5.97 Å². The first-order valence-corrected chi connectivity index (χ1v) is 5.69. The highest BCUT2D eigenvalue weighted by atomic mass is 16.5. The molecule has 0 fully saturated rings. The monoisotopic (exact) mass is 236 g/mol. The molecule has 1 aliphatic carbocycles. The fourth-order valence-electron chi connectivity index (χ4n) is 2.40. The van der Waals surface area contributed by atoms with E-state index in [9.17, 15) is 9.90 Å². The Morgan fingerprint density at radius 1 is 1.53 bits per heavy atom. The van der Waals surface area contributed by atoms with Crippen molar-refractivity contribution in [1.29, 1.82) is 0 Å². The van der Waals surface area contributed by atoms with E-state index in [1.54, 1.807) is 13.2 Å². The molecule has 1 N–H and O–H groups in total. The van der Waals surface area contributed by atoms with Crippen LogP contribution in [0.4, 0.5) is 0 Å². The molecule has 92 valence electrons. The Labute approximate surface area is 100 Å². The summed E-state index contributed by atoms with van der Waals surface area (Å²) in [6.07, 6.45) is 1.21. The van der Waals surface area contributed by atoms with Crippen LogP contribution in [0.15, 0.2) is 18.2 Å². The molecule has 17 heavy (non-hydrogen) atoms. The number of carboxylic acid groups (broad SMARTS) is 1. The maximum absolute atomic E-state index is 11.5. The topological polar surface area (TPSA) is 55.8 Å². The number of carboxylic acids is 1. The Kier molecular flexibility index (Phi) is 3.07. The summed E-state index contributed by atoms with van der Waals surface area (Å²) in [4.78, 5) is 11.5. The second-order valence-corrected chi connectivity index (χ2v) is 4.09. The molecule has 1 unspecified atom stereocenters. The first-order chi connectivity index (χ1) is 8.14. The van der Waals surface area contributed by atoms with Crippen molar-refractivity contribution in [2.24, 2.45) is 0 Å². The fourth-order valence-corrected chi connectivity index (χ4v) is 2.40.